The van der Waals surface area contributed by atoms with Gasteiger partial charge in [-0.1, -0.05) is 51.7 Å². The summed E-state index contributed by atoms with van der Waals surface area (Å²) in [4.78, 5) is 0. The maximum absolute atomic E-state index is 6.30. The third-order valence-corrected chi connectivity index (χ3v) is 9.11. The molecular formula is C22H28OSi. The quantitative estimate of drug-likeness (QED) is 0.491. The van der Waals surface area contributed by atoms with Crippen molar-refractivity contribution in [1.82, 2.24) is 0 Å². The lowest BCUT2D eigenvalue weighted by Gasteiger charge is -2.36. The Balaban J connectivity index is 2.09. The second kappa shape index (κ2) is 7.28. The zero-order valence-electron chi connectivity index (χ0n) is 15.7. The number of hydrogen-bond acceptors (Lipinski definition) is 1. The minimum atomic E-state index is -1.78. The third kappa shape index (κ3) is 4.76. The molecule has 0 atom stereocenters. The minimum absolute atomic E-state index is 0.204. The van der Waals surface area contributed by atoms with Crippen LogP contribution < -0.4 is 4.43 Å². The van der Waals surface area contributed by atoms with Gasteiger partial charge >= 0.3 is 0 Å². The van der Waals surface area contributed by atoms with E-state index in [-0.39, 0.29) is 5.04 Å². The van der Waals surface area contributed by atoms with Crippen LogP contribution >= 0.6 is 0 Å². The fourth-order valence-corrected chi connectivity index (χ4v) is 3.05. The highest BCUT2D eigenvalue weighted by atomic mass is 28.4. The normalized spacial score (nSPS) is 11.6. The first-order chi connectivity index (χ1) is 11.2. The Morgan fingerprint density at radius 3 is 1.71 bits per heavy atom. The second-order valence-corrected chi connectivity index (χ2v) is 12.4. The molecule has 0 aliphatic carbocycles. The van der Waals surface area contributed by atoms with Crippen molar-refractivity contribution in [3.63, 3.8) is 0 Å². The lowest BCUT2D eigenvalue weighted by molar-refractivity contribution is 0.492. The molecule has 1 nitrogen and oxygen atoms in total. The van der Waals surface area contributed by atoms with Gasteiger partial charge in [-0.15, -0.1) is 0 Å². The van der Waals surface area contributed by atoms with Crippen molar-refractivity contribution in [2.75, 3.05) is 0 Å². The van der Waals surface area contributed by atoms with Crippen LogP contribution in [0, 0.1) is 11.8 Å². The second-order valence-electron chi connectivity index (χ2n) is 7.69. The Hall–Kier alpha value is -1.98. The summed E-state index contributed by atoms with van der Waals surface area (Å²) >= 11 is 0. The van der Waals surface area contributed by atoms with E-state index in [0.717, 1.165) is 23.3 Å². The Morgan fingerprint density at radius 2 is 1.29 bits per heavy atom. The van der Waals surface area contributed by atoms with Crippen LogP contribution in [0.25, 0.3) is 0 Å². The molecule has 0 aliphatic rings. The minimum Gasteiger partial charge on any atom is -0.544 e. The highest BCUT2D eigenvalue weighted by Crippen LogP contribution is 2.37. The summed E-state index contributed by atoms with van der Waals surface area (Å²) in [5.41, 5.74) is 3.40. The van der Waals surface area contributed by atoms with Gasteiger partial charge in [0.15, 0.2) is 0 Å². The van der Waals surface area contributed by atoms with E-state index in [4.69, 9.17) is 4.43 Å². The number of hydrogen-bond donors (Lipinski definition) is 0. The lowest BCUT2D eigenvalue weighted by Crippen LogP contribution is -2.43. The van der Waals surface area contributed by atoms with Crippen molar-refractivity contribution in [3.05, 3.63) is 65.2 Å². The van der Waals surface area contributed by atoms with Gasteiger partial charge in [-0.25, -0.2) is 0 Å². The average molecular weight is 337 g/mol. The van der Waals surface area contributed by atoms with E-state index >= 15 is 0 Å². The monoisotopic (exact) mass is 336 g/mol. The fourth-order valence-electron chi connectivity index (χ4n) is 2.02. The molecule has 126 valence electrons. The smallest absolute Gasteiger partial charge is 0.250 e. The van der Waals surface area contributed by atoms with Crippen LogP contribution in [0.3, 0.4) is 0 Å². The zero-order chi connectivity index (χ0) is 17.8. The standard InChI is InChI=1S/C22H28OSi/c1-7-18-8-10-19(11-9-18)12-13-20-14-16-21(17-15-20)23-24(5,6)22(2,3)4/h8-11,14-17H,7H2,1-6H3. The predicted octanol–water partition coefficient (Wildman–Crippen LogP) is 6.03. The molecule has 0 unspecified atom stereocenters. The van der Waals surface area contributed by atoms with Gasteiger partial charge in [0.1, 0.15) is 5.75 Å². The Morgan fingerprint density at radius 1 is 0.833 bits per heavy atom. The van der Waals surface area contributed by atoms with Crippen molar-refractivity contribution in [2.45, 2.75) is 52.2 Å². The van der Waals surface area contributed by atoms with Crippen LogP contribution in [0.5, 0.6) is 5.75 Å². The van der Waals surface area contributed by atoms with E-state index in [1.165, 1.54) is 5.56 Å². The molecular weight excluding hydrogens is 308 g/mol. The molecule has 0 radical (unpaired) electrons. The van der Waals surface area contributed by atoms with Crippen LogP contribution in [-0.4, -0.2) is 8.32 Å². The summed E-state index contributed by atoms with van der Waals surface area (Å²) in [6.45, 7) is 13.4. The maximum Gasteiger partial charge on any atom is 0.250 e. The molecule has 0 amide bonds. The first-order valence-electron chi connectivity index (χ1n) is 8.61. The molecule has 0 aliphatic heterocycles. The van der Waals surface area contributed by atoms with Gasteiger partial charge < -0.3 is 4.43 Å². The number of rotatable bonds is 3. The molecule has 2 rings (SSSR count). The largest absolute Gasteiger partial charge is 0.544 e. The van der Waals surface area contributed by atoms with E-state index in [2.05, 4.69) is 76.9 Å². The lowest BCUT2D eigenvalue weighted by atomic mass is 10.1. The first kappa shape index (κ1) is 18.4. The summed E-state index contributed by atoms with van der Waals surface area (Å²) in [6, 6.07) is 16.6. The van der Waals surface area contributed by atoms with E-state index in [0.29, 0.717) is 0 Å². The summed E-state index contributed by atoms with van der Waals surface area (Å²) in [5.74, 6) is 7.39. The fraction of sp³-hybridized carbons (Fsp3) is 0.364. The van der Waals surface area contributed by atoms with Crippen molar-refractivity contribution in [3.8, 4) is 17.6 Å². The molecule has 0 heterocycles. The van der Waals surface area contributed by atoms with Gasteiger partial charge in [-0.2, -0.15) is 0 Å². The van der Waals surface area contributed by atoms with Gasteiger partial charge in [0.05, 0.1) is 0 Å². The molecule has 0 N–H and O–H groups in total. The van der Waals surface area contributed by atoms with E-state index < -0.39 is 8.32 Å². The van der Waals surface area contributed by atoms with E-state index in [1.807, 2.05) is 24.3 Å². The topological polar surface area (TPSA) is 9.23 Å². The average Bonchev–Trinajstić information content (AvgIpc) is 2.53. The molecule has 0 bridgehead atoms. The van der Waals surface area contributed by atoms with Crippen molar-refractivity contribution < 1.29 is 4.43 Å². The first-order valence-corrected chi connectivity index (χ1v) is 11.5. The van der Waals surface area contributed by atoms with Gasteiger partial charge in [-0.3, -0.25) is 0 Å². The van der Waals surface area contributed by atoms with Crippen LogP contribution in [0.4, 0.5) is 0 Å². The van der Waals surface area contributed by atoms with Gasteiger partial charge in [0, 0.05) is 11.1 Å². The van der Waals surface area contributed by atoms with Gasteiger partial charge in [0.25, 0.3) is 0 Å². The molecule has 0 spiro atoms. The highest BCUT2D eigenvalue weighted by molar-refractivity contribution is 6.74. The molecule has 2 aromatic carbocycles. The van der Waals surface area contributed by atoms with Crippen molar-refractivity contribution >= 4 is 8.32 Å². The summed E-state index contributed by atoms with van der Waals surface area (Å²) in [6.07, 6.45) is 1.06. The van der Waals surface area contributed by atoms with E-state index in [1.54, 1.807) is 0 Å². The summed E-state index contributed by atoms with van der Waals surface area (Å²) in [7, 11) is -1.78. The van der Waals surface area contributed by atoms with Crippen molar-refractivity contribution in [2.24, 2.45) is 0 Å². The summed E-state index contributed by atoms with van der Waals surface area (Å²) < 4.78 is 6.30. The molecule has 2 heteroatoms. The Kier molecular flexibility index (Phi) is 5.57. The van der Waals surface area contributed by atoms with Crippen LogP contribution in [0.15, 0.2) is 48.5 Å². The van der Waals surface area contributed by atoms with Gasteiger partial charge in [-0.05, 0) is 66.5 Å². The van der Waals surface area contributed by atoms with E-state index in [9.17, 15) is 0 Å². The Labute approximate surface area is 148 Å². The molecule has 24 heavy (non-hydrogen) atoms. The maximum atomic E-state index is 6.30. The number of benzene rings is 2. The van der Waals surface area contributed by atoms with Gasteiger partial charge in [0.2, 0.25) is 8.32 Å². The number of aryl methyl sites for hydroxylation is 1. The van der Waals surface area contributed by atoms with Crippen LogP contribution in [0.2, 0.25) is 18.1 Å². The Bertz CT molecular complexity index is 723. The van der Waals surface area contributed by atoms with Crippen LogP contribution in [0.1, 0.15) is 44.4 Å². The molecule has 0 saturated heterocycles. The molecule has 0 aromatic heterocycles. The highest BCUT2D eigenvalue weighted by Gasteiger charge is 2.38. The summed E-state index contributed by atoms with van der Waals surface area (Å²) in [5, 5.41) is 0.204. The molecule has 2 aromatic rings. The van der Waals surface area contributed by atoms with Crippen LogP contribution in [-0.2, 0) is 6.42 Å². The third-order valence-electron chi connectivity index (χ3n) is 4.75. The molecule has 0 saturated carbocycles. The zero-order valence-corrected chi connectivity index (χ0v) is 16.7. The predicted molar refractivity (Wildman–Crippen MR) is 106 cm³/mol. The SMILES string of the molecule is CCc1ccc(C#Cc2ccc(O[Si](C)(C)C(C)(C)C)cc2)cc1. The molecule has 0 fully saturated rings. The van der Waals surface area contributed by atoms with Crippen molar-refractivity contribution in [1.29, 1.82) is 0 Å².